The van der Waals surface area contributed by atoms with Gasteiger partial charge >= 0.3 is 0 Å². The van der Waals surface area contributed by atoms with E-state index in [1.165, 1.54) is 12.8 Å². The lowest BCUT2D eigenvalue weighted by Gasteiger charge is -2.12. The highest BCUT2D eigenvalue weighted by Crippen LogP contribution is 2.21. The molecule has 0 spiro atoms. The van der Waals surface area contributed by atoms with Gasteiger partial charge in [-0.15, -0.1) is 0 Å². The van der Waals surface area contributed by atoms with Gasteiger partial charge in [0.2, 0.25) is 0 Å². The zero-order valence-corrected chi connectivity index (χ0v) is 18.0. The molecule has 3 rings (SSSR count). The van der Waals surface area contributed by atoms with Crippen LogP contribution in [-0.2, 0) is 16.2 Å². The van der Waals surface area contributed by atoms with Crippen LogP contribution < -0.4 is 0 Å². The molecule has 3 aromatic heterocycles. The summed E-state index contributed by atoms with van der Waals surface area (Å²) in [7, 11) is 0. The summed E-state index contributed by atoms with van der Waals surface area (Å²) in [6.07, 6.45) is 9.61. The summed E-state index contributed by atoms with van der Waals surface area (Å²) in [5.41, 5.74) is 1.26. The van der Waals surface area contributed by atoms with E-state index in [9.17, 15) is 0 Å². The summed E-state index contributed by atoms with van der Waals surface area (Å²) in [5, 5.41) is 0. The first kappa shape index (κ1) is 25.6. The van der Waals surface area contributed by atoms with Crippen molar-refractivity contribution in [2.45, 2.75) is 86.0 Å². The van der Waals surface area contributed by atoms with Gasteiger partial charge in [-0.3, -0.25) is 0 Å². The number of aromatic nitrogens is 3. The van der Waals surface area contributed by atoms with Crippen molar-refractivity contribution in [3.05, 3.63) is 55.1 Å². The molecule has 0 saturated carbocycles. The number of nitrogens with zero attached hydrogens (tertiary/aromatic N) is 3. The minimum Gasteiger partial charge on any atom is -0.451 e. The van der Waals surface area contributed by atoms with E-state index < -0.39 is 0 Å². The highest BCUT2D eigenvalue weighted by molar-refractivity contribution is 5.05. The van der Waals surface area contributed by atoms with Crippen LogP contribution in [0.25, 0.3) is 0 Å². The second kappa shape index (κ2) is 10.2. The topological polar surface area (TPSA) is 78.1 Å². The predicted octanol–water partition coefficient (Wildman–Crippen LogP) is 6.55. The van der Waals surface area contributed by atoms with Crippen molar-refractivity contribution in [1.82, 2.24) is 15.0 Å². The summed E-state index contributed by atoms with van der Waals surface area (Å²) < 4.78 is 15.0. The number of rotatable bonds is 0. The molecule has 28 heavy (non-hydrogen) atoms. The van der Waals surface area contributed by atoms with Crippen LogP contribution in [0.4, 0.5) is 0 Å². The van der Waals surface area contributed by atoms with Gasteiger partial charge in [-0.25, -0.2) is 15.0 Å². The molecule has 0 aliphatic heterocycles. The third-order valence-corrected chi connectivity index (χ3v) is 3.45. The van der Waals surface area contributed by atoms with Crippen LogP contribution in [0.3, 0.4) is 0 Å². The van der Waals surface area contributed by atoms with Crippen molar-refractivity contribution in [2.24, 2.45) is 0 Å². The summed E-state index contributed by atoms with van der Waals surface area (Å²) in [5.74, 6) is 1.73. The second-order valence-corrected chi connectivity index (χ2v) is 9.33. The van der Waals surface area contributed by atoms with E-state index in [0.717, 1.165) is 17.3 Å². The molecule has 0 radical (unpaired) electrons. The zero-order valence-electron chi connectivity index (χ0n) is 18.0. The van der Waals surface area contributed by atoms with E-state index in [0.29, 0.717) is 0 Å². The van der Waals surface area contributed by atoms with Gasteiger partial charge in [0.05, 0.1) is 18.1 Å². The van der Waals surface area contributed by atoms with E-state index in [2.05, 4.69) is 77.3 Å². The smallest absolute Gasteiger partial charge is 0.199 e. The average Bonchev–Trinajstić information content (AvgIpc) is 3.28. The monoisotopic (exact) mass is 391 g/mol. The van der Waals surface area contributed by atoms with Gasteiger partial charge < -0.3 is 13.3 Å². The van der Waals surface area contributed by atoms with Crippen LogP contribution in [0.1, 0.15) is 87.1 Å². The Bertz CT molecular complexity index is 619. The van der Waals surface area contributed by atoms with Crippen LogP contribution >= 0.6 is 0 Å². The Morgan fingerprint density at radius 1 is 0.750 bits per heavy atom. The Morgan fingerprint density at radius 3 is 1.61 bits per heavy atom. The molecule has 0 aromatic carbocycles. The van der Waals surface area contributed by atoms with Gasteiger partial charge in [-0.1, -0.05) is 69.7 Å². The van der Waals surface area contributed by atoms with E-state index >= 15 is 0 Å². The molecule has 0 amide bonds. The molecule has 0 aliphatic carbocycles. The van der Waals surface area contributed by atoms with E-state index in [-0.39, 0.29) is 23.7 Å². The minimum absolute atomic E-state index is 0. The maximum absolute atomic E-state index is 5.09. The molecule has 0 fully saturated rings. The van der Waals surface area contributed by atoms with E-state index in [1.54, 1.807) is 24.9 Å². The van der Waals surface area contributed by atoms with Crippen molar-refractivity contribution in [2.75, 3.05) is 0 Å². The van der Waals surface area contributed by atoms with Crippen LogP contribution in [0.2, 0.25) is 0 Å². The SMILES string of the molecule is C.CC(C)(C)c1cnco1.CC(C)(C)c1cocn1.CC(C)(C)c1ncco1. The molecule has 3 aromatic rings. The number of oxazole rings is 3. The summed E-state index contributed by atoms with van der Waals surface area (Å²) in [6.45, 7) is 18.8. The molecular weight excluding hydrogens is 354 g/mol. The molecule has 6 heteroatoms. The second-order valence-electron chi connectivity index (χ2n) is 9.33. The van der Waals surface area contributed by atoms with E-state index in [4.69, 9.17) is 13.3 Å². The van der Waals surface area contributed by atoms with Crippen molar-refractivity contribution < 1.29 is 13.3 Å². The lowest BCUT2D eigenvalue weighted by Crippen LogP contribution is -2.10. The van der Waals surface area contributed by atoms with Gasteiger partial charge in [0.25, 0.3) is 0 Å². The van der Waals surface area contributed by atoms with Gasteiger partial charge in [-0.2, -0.15) is 0 Å². The first-order valence-electron chi connectivity index (χ1n) is 8.99. The zero-order chi connectivity index (χ0) is 20.7. The lowest BCUT2D eigenvalue weighted by atomic mass is 9.93. The largest absolute Gasteiger partial charge is 0.451 e. The maximum Gasteiger partial charge on any atom is 0.199 e. The van der Waals surface area contributed by atoms with Gasteiger partial charge in [0.15, 0.2) is 18.7 Å². The third kappa shape index (κ3) is 9.02. The Balaban J connectivity index is 0.000000384. The highest BCUT2D eigenvalue weighted by Gasteiger charge is 2.18. The fourth-order valence-electron chi connectivity index (χ4n) is 1.76. The molecule has 0 unspecified atom stereocenters. The molecule has 0 bridgehead atoms. The summed E-state index contributed by atoms with van der Waals surface area (Å²) in [6, 6.07) is 0. The molecule has 3 heterocycles. The molecule has 0 N–H and O–H groups in total. The molecule has 0 aliphatic rings. The van der Waals surface area contributed by atoms with Gasteiger partial charge in [0, 0.05) is 16.2 Å². The van der Waals surface area contributed by atoms with E-state index in [1.807, 2.05) is 0 Å². The Labute approximate surface area is 169 Å². The highest BCUT2D eigenvalue weighted by atomic mass is 16.3. The maximum atomic E-state index is 5.09. The van der Waals surface area contributed by atoms with Crippen LogP contribution in [0, 0.1) is 0 Å². The molecule has 0 atom stereocenters. The van der Waals surface area contributed by atoms with Crippen LogP contribution in [0.5, 0.6) is 0 Å². The Kier molecular flexibility index (Phi) is 9.38. The van der Waals surface area contributed by atoms with Crippen LogP contribution in [0.15, 0.2) is 51.0 Å². The Morgan fingerprint density at radius 2 is 1.39 bits per heavy atom. The fourth-order valence-corrected chi connectivity index (χ4v) is 1.76. The predicted molar refractivity (Wildman–Crippen MR) is 112 cm³/mol. The van der Waals surface area contributed by atoms with Crippen molar-refractivity contribution in [1.29, 1.82) is 0 Å². The van der Waals surface area contributed by atoms with Crippen LogP contribution in [-0.4, -0.2) is 15.0 Å². The van der Waals surface area contributed by atoms with Gasteiger partial charge in [0.1, 0.15) is 18.3 Å². The first-order chi connectivity index (χ1) is 12.3. The minimum atomic E-state index is 0. The van der Waals surface area contributed by atoms with Crippen molar-refractivity contribution >= 4 is 0 Å². The molecule has 158 valence electrons. The Hall–Kier alpha value is -2.37. The first-order valence-corrected chi connectivity index (χ1v) is 8.99. The quantitative estimate of drug-likeness (QED) is 0.432. The fraction of sp³-hybridized carbons (Fsp3) is 0.591. The van der Waals surface area contributed by atoms with Crippen molar-refractivity contribution in [3.63, 3.8) is 0 Å². The summed E-state index contributed by atoms with van der Waals surface area (Å²) in [4.78, 5) is 11.9. The normalized spacial score (nSPS) is 11.5. The lowest BCUT2D eigenvalue weighted by molar-refractivity contribution is 0.392. The third-order valence-electron chi connectivity index (χ3n) is 3.45. The number of hydrogen-bond acceptors (Lipinski definition) is 6. The molecular formula is C22H37N3O3. The molecule has 6 nitrogen and oxygen atoms in total. The average molecular weight is 392 g/mol. The standard InChI is InChI=1S/3C7H11NO.CH4/c1-7(2,3)6-4-9-5-8-6;1-7(2,3)6-4-8-5-9-6;1-7(2,3)6-8-4-5-9-6;/h3*4-5H,1-3H3;1H4. The number of hydrogen-bond donors (Lipinski definition) is 0. The van der Waals surface area contributed by atoms with Gasteiger partial charge in [-0.05, 0) is 0 Å². The summed E-state index contributed by atoms with van der Waals surface area (Å²) >= 11 is 0. The van der Waals surface area contributed by atoms with Crippen molar-refractivity contribution in [3.8, 4) is 0 Å². The molecule has 0 saturated heterocycles.